The highest BCUT2D eigenvalue weighted by Gasteiger charge is 2.16. The lowest BCUT2D eigenvalue weighted by Gasteiger charge is -2.16. The molecule has 0 bridgehead atoms. The van der Waals surface area contributed by atoms with Crippen molar-refractivity contribution in [2.75, 3.05) is 0 Å². The number of carbonyl (C=O) groups is 1. The van der Waals surface area contributed by atoms with Crippen molar-refractivity contribution in [1.82, 2.24) is 0 Å². The number of Topliss-reactive ketones (excluding diaryl/α,β-unsaturated/α-hetero) is 1. The normalized spacial score (nSPS) is 12.4. The molecule has 2 heteroatoms. The van der Waals surface area contributed by atoms with Gasteiger partial charge in [-0.15, -0.1) is 0 Å². The highest BCUT2D eigenvalue weighted by atomic mass is 16.1. The number of hydrogen-bond donors (Lipinski definition) is 0. The van der Waals surface area contributed by atoms with Crippen molar-refractivity contribution < 1.29 is 4.79 Å². The van der Waals surface area contributed by atoms with Gasteiger partial charge in [-0.2, -0.15) is 0 Å². The molecular weight excluding hydrogens is 138 g/mol. The van der Waals surface area contributed by atoms with Crippen molar-refractivity contribution in [3.8, 4) is 0 Å². The molecule has 0 radical (unpaired) electrons. The van der Waals surface area contributed by atoms with Gasteiger partial charge in [-0.3, -0.25) is 9.79 Å². The molecule has 0 N–H and O–H groups in total. The number of nitrogens with zero attached hydrogens (tertiary/aromatic N) is 1. The Morgan fingerprint density at radius 3 is 2.45 bits per heavy atom. The minimum Gasteiger partial charge on any atom is -0.300 e. The SMILES string of the molecule is CCC=NC(C)(C)CC(C)=O. The maximum Gasteiger partial charge on any atom is 0.132 e. The third kappa shape index (κ3) is 5.77. The van der Waals surface area contributed by atoms with Gasteiger partial charge in [0.25, 0.3) is 0 Å². The molecule has 2 nitrogen and oxygen atoms in total. The third-order valence-electron chi connectivity index (χ3n) is 1.30. The summed E-state index contributed by atoms with van der Waals surface area (Å²) in [4.78, 5) is 15.0. The number of hydrogen-bond acceptors (Lipinski definition) is 2. The molecule has 0 aromatic rings. The van der Waals surface area contributed by atoms with Crippen molar-refractivity contribution in [2.24, 2.45) is 4.99 Å². The van der Waals surface area contributed by atoms with E-state index in [1.807, 2.05) is 27.0 Å². The predicted octanol–water partition coefficient (Wildman–Crippen LogP) is 2.22. The van der Waals surface area contributed by atoms with Gasteiger partial charge in [0.2, 0.25) is 0 Å². The van der Waals surface area contributed by atoms with E-state index in [0.717, 1.165) is 6.42 Å². The molecule has 0 aliphatic heterocycles. The topological polar surface area (TPSA) is 29.4 Å². The van der Waals surface area contributed by atoms with Gasteiger partial charge in [0.1, 0.15) is 5.78 Å². The van der Waals surface area contributed by atoms with Gasteiger partial charge < -0.3 is 0 Å². The van der Waals surface area contributed by atoms with E-state index in [2.05, 4.69) is 4.99 Å². The summed E-state index contributed by atoms with van der Waals surface area (Å²) in [5.74, 6) is 0.197. The molecule has 0 fully saturated rings. The molecule has 0 aliphatic carbocycles. The molecule has 0 spiro atoms. The first-order valence-electron chi connectivity index (χ1n) is 4.01. The zero-order valence-electron chi connectivity index (χ0n) is 7.85. The van der Waals surface area contributed by atoms with Crippen LogP contribution in [0.25, 0.3) is 0 Å². The summed E-state index contributed by atoms with van der Waals surface area (Å²) in [6, 6.07) is 0. The van der Waals surface area contributed by atoms with Crippen LogP contribution in [0.2, 0.25) is 0 Å². The van der Waals surface area contributed by atoms with Crippen LogP contribution in [0.4, 0.5) is 0 Å². The monoisotopic (exact) mass is 155 g/mol. The van der Waals surface area contributed by atoms with Crippen molar-refractivity contribution in [1.29, 1.82) is 0 Å². The smallest absolute Gasteiger partial charge is 0.132 e. The summed E-state index contributed by atoms with van der Waals surface area (Å²) >= 11 is 0. The van der Waals surface area contributed by atoms with E-state index in [0.29, 0.717) is 6.42 Å². The summed E-state index contributed by atoms with van der Waals surface area (Å²) in [7, 11) is 0. The minimum absolute atomic E-state index is 0.197. The zero-order chi connectivity index (χ0) is 8.91. The molecule has 0 aliphatic rings. The van der Waals surface area contributed by atoms with Gasteiger partial charge in [-0.05, 0) is 33.4 Å². The van der Waals surface area contributed by atoms with Crippen LogP contribution in [0.3, 0.4) is 0 Å². The molecule has 0 amide bonds. The Morgan fingerprint density at radius 1 is 1.55 bits per heavy atom. The summed E-state index contributed by atoms with van der Waals surface area (Å²) in [5.41, 5.74) is -0.207. The predicted molar refractivity (Wildman–Crippen MR) is 48.2 cm³/mol. The van der Waals surface area contributed by atoms with Crippen molar-refractivity contribution in [3.63, 3.8) is 0 Å². The fourth-order valence-electron chi connectivity index (χ4n) is 0.993. The van der Waals surface area contributed by atoms with Gasteiger partial charge in [-0.25, -0.2) is 0 Å². The molecule has 64 valence electrons. The highest BCUT2D eigenvalue weighted by molar-refractivity contribution is 5.77. The summed E-state index contributed by atoms with van der Waals surface area (Å²) in [6.45, 7) is 7.58. The second-order valence-corrected chi connectivity index (χ2v) is 3.41. The summed E-state index contributed by atoms with van der Waals surface area (Å²) in [6.07, 6.45) is 3.33. The maximum atomic E-state index is 10.7. The van der Waals surface area contributed by atoms with Crippen molar-refractivity contribution >= 4 is 12.0 Å². The summed E-state index contributed by atoms with van der Waals surface area (Å²) < 4.78 is 0. The Labute approximate surface area is 68.7 Å². The van der Waals surface area contributed by atoms with Gasteiger partial charge in [0.05, 0.1) is 5.54 Å². The van der Waals surface area contributed by atoms with Crippen LogP contribution < -0.4 is 0 Å². The lowest BCUT2D eigenvalue weighted by molar-refractivity contribution is -0.117. The fourth-order valence-corrected chi connectivity index (χ4v) is 0.993. The Balaban J connectivity index is 3.99. The lowest BCUT2D eigenvalue weighted by atomic mass is 9.99. The Hall–Kier alpha value is -0.660. The van der Waals surface area contributed by atoms with E-state index in [1.54, 1.807) is 6.92 Å². The Kier molecular flexibility index (Phi) is 4.01. The van der Waals surface area contributed by atoms with Crippen LogP contribution >= 0.6 is 0 Å². The van der Waals surface area contributed by atoms with Crippen LogP contribution in [-0.4, -0.2) is 17.5 Å². The molecule has 0 rings (SSSR count). The highest BCUT2D eigenvalue weighted by Crippen LogP contribution is 2.13. The van der Waals surface area contributed by atoms with Gasteiger partial charge in [-0.1, -0.05) is 6.92 Å². The number of ketones is 1. The standard InChI is InChI=1S/C9H17NO/c1-5-6-10-9(3,4)7-8(2)11/h6H,5,7H2,1-4H3. The van der Waals surface area contributed by atoms with E-state index >= 15 is 0 Å². The van der Waals surface area contributed by atoms with Crippen LogP contribution in [0.15, 0.2) is 4.99 Å². The van der Waals surface area contributed by atoms with E-state index < -0.39 is 0 Å². The average molecular weight is 155 g/mol. The molecule has 0 saturated carbocycles. The molecule has 0 heterocycles. The Bertz CT molecular complexity index is 159. The van der Waals surface area contributed by atoms with Gasteiger partial charge >= 0.3 is 0 Å². The van der Waals surface area contributed by atoms with Crippen LogP contribution in [0, 0.1) is 0 Å². The quantitative estimate of drug-likeness (QED) is 0.572. The largest absolute Gasteiger partial charge is 0.300 e. The molecular formula is C9H17NO. The Morgan fingerprint density at radius 2 is 2.09 bits per heavy atom. The third-order valence-corrected chi connectivity index (χ3v) is 1.30. The first-order chi connectivity index (χ1) is 4.98. The summed E-state index contributed by atoms with van der Waals surface area (Å²) in [5, 5.41) is 0. The molecule has 0 saturated heterocycles. The second-order valence-electron chi connectivity index (χ2n) is 3.41. The van der Waals surface area contributed by atoms with E-state index in [9.17, 15) is 4.79 Å². The maximum absolute atomic E-state index is 10.7. The number of rotatable bonds is 4. The average Bonchev–Trinajstić information content (AvgIpc) is 1.81. The molecule has 0 aromatic carbocycles. The second kappa shape index (κ2) is 4.27. The first kappa shape index (κ1) is 10.3. The number of carbonyl (C=O) groups excluding carboxylic acids is 1. The van der Waals surface area contributed by atoms with E-state index in [1.165, 1.54) is 0 Å². The molecule has 0 atom stereocenters. The van der Waals surface area contributed by atoms with Crippen molar-refractivity contribution in [3.05, 3.63) is 0 Å². The van der Waals surface area contributed by atoms with Crippen molar-refractivity contribution in [2.45, 2.75) is 46.1 Å². The van der Waals surface area contributed by atoms with E-state index in [-0.39, 0.29) is 11.3 Å². The first-order valence-corrected chi connectivity index (χ1v) is 4.01. The van der Waals surface area contributed by atoms with Crippen LogP contribution in [-0.2, 0) is 4.79 Å². The number of aliphatic imine (C=N–C) groups is 1. The lowest BCUT2D eigenvalue weighted by Crippen LogP contribution is -2.20. The molecule has 11 heavy (non-hydrogen) atoms. The van der Waals surface area contributed by atoms with Gasteiger partial charge in [0, 0.05) is 6.42 Å². The molecule has 0 aromatic heterocycles. The van der Waals surface area contributed by atoms with Crippen LogP contribution in [0.5, 0.6) is 0 Å². The van der Waals surface area contributed by atoms with Crippen LogP contribution in [0.1, 0.15) is 40.5 Å². The van der Waals surface area contributed by atoms with Gasteiger partial charge in [0.15, 0.2) is 0 Å². The fraction of sp³-hybridized carbons (Fsp3) is 0.778. The minimum atomic E-state index is -0.207. The van der Waals surface area contributed by atoms with E-state index in [4.69, 9.17) is 0 Å². The zero-order valence-corrected chi connectivity index (χ0v) is 7.85. The molecule has 0 unspecified atom stereocenters.